The number of aromatic carboxylic acids is 1. The van der Waals surface area contributed by atoms with Gasteiger partial charge in [0.25, 0.3) is 0 Å². The second-order valence-electron chi connectivity index (χ2n) is 5.69. The van der Waals surface area contributed by atoms with Gasteiger partial charge in [-0.1, -0.05) is 18.2 Å². The zero-order valence-electron chi connectivity index (χ0n) is 13.8. The second kappa shape index (κ2) is 8.12. The summed E-state index contributed by atoms with van der Waals surface area (Å²) in [6.07, 6.45) is 3.84. The third kappa shape index (κ3) is 4.57. The van der Waals surface area contributed by atoms with Crippen molar-refractivity contribution in [1.82, 2.24) is 9.97 Å². The van der Waals surface area contributed by atoms with Gasteiger partial charge in [-0.25, -0.2) is 4.79 Å². The zero-order valence-corrected chi connectivity index (χ0v) is 15.8. The first-order chi connectivity index (χ1) is 12.1. The predicted molar refractivity (Wildman–Crippen MR) is 100 cm³/mol. The van der Waals surface area contributed by atoms with E-state index in [-0.39, 0.29) is 0 Å². The Labute approximate surface area is 163 Å². The quantitative estimate of drug-likeness (QED) is 0.551. The first kappa shape index (κ1) is 17.4. The van der Waals surface area contributed by atoms with E-state index in [0.29, 0.717) is 5.56 Å². The summed E-state index contributed by atoms with van der Waals surface area (Å²) in [6.45, 7) is 0. The Balaban J connectivity index is 0.000000173. The number of hydrogen-bond donors (Lipinski definition) is 2. The SMILES string of the molecule is O=C(O)c1ccccc1.[Na][c]1cncc(-c2cc3ccccc3[nH]2)c1. The topological polar surface area (TPSA) is 66.0 Å². The number of aromatic amines is 1. The van der Waals surface area contributed by atoms with Crippen molar-refractivity contribution in [1.29, 1.82) is 0 Å². The van der Waals surface area contributed by atoms with Gasteiger partial charge in [0, 0.05) is 0 Å². The molecule has 4 aromatic rings. The number of pyridine rings is 1. The van der Waals surface area contributed by atoms with Crippen molar-refractivity contribution >= 4 is 47.6 Å². The van der Waals surface area contributed by atoms with E-state index in [1.54, 1.807) is 30.3 Å². The molecule has 0 aliphatic heterocycles. The molecule has 0 atom stereocenters. The van der Waals surface area contributed by atoms with Crippen LogP contribution in [-0.2, 0) is 0 Å². The van der Waals surface area contributed by atoms with E-state index in [2.05, 4.69) is 40.3 Å². The molecule has 0 saturated heterocycles. The number of carbonyl (C=O) groups is 1. The number of para-hydroxylation sites is 1. The zero-order chi connectivity index (χ0) is 17.6. The van der Waals surface area contributed by atoms with Crippen LogP contribution in [0.3, 0.4) is 0 Å². The molecule has 4 rings (SSSR count). The van der Waals surface area contributed by atoms with Crippen molar-refractivity contribution < 1.29 is 9.90 Å². The van der Waals surface area contributed by atoms with Crippen LogP contribution in [0.2, 0.25) is 0 Å². The minimum absolute atomic E-state index is 0.331. The fourth-order valence-electron chi connectivity index (χ4n) is 2.51. The molecule has 0 unspecified atom stereocenters. The Bertz CT molecular complexity index is 964. The number of fused-ring (bicyclic) bond motifs is 1. The summed E-state index contributed by atoms with van der Waals surface area (Å²) in [5.74, 6) is -0.879. The maximum atomic E-state index is 10.2. The van der Waals surface area contributed by atoms with Crippen molar-refractivity contribution in [3.05, 3.63) is 84.7 Å². The number of H-pyrrole nitrogens is 1. The summed E-state index contributed by atoms with van der Waals surface area (Å²) in [5.41, 5.74) is 3.82. The Morgan fingerprint density at radius 3 is 2.32 bits per heavy atom. The molecule has 2 aromatic heterocycles. The fraction of sp³-hybridized carbons (Fsp3) is 0. The summed E-state index contributed by atoms with van der Waals surface area (Å²) < 4.78 is 1.32. The van der Waals surface area contributed by atoms with Gasteiger partial charge in [-0.3, -0.25) is 0 Å². The molecular weight excluding hydrogens is 323 g/mol. The molecular formula is C20H15N2NaO2. The van der Waals surface area contributed by atoms with Gasteiger partial charge >= 0.3 is 118 Å². The molecule has 25 heavy (non-hydrogen) atoms. The second-order valence-corrected chi connectivity index (χ2v) is 6.85. The number of nitrogens with one attached hydrogen (secondary N) is 1. The van der Waals surface area contributed by atoms with E-state index in [9.17, 15) is 4.79 Å². The molecule has 0 radical (unpaired) electrons. The van der Waals surface area contributed by atoms with Crippen LogP contribution in [0.4, 0.5) is 0 Å². The number of benzene rings is 2. The van der Waals surface area contributed by atoms with E-state index in [0.717, 1.165) is 33.6 Å². The maximum absolute atomic E-state index is 10.2. The van der Waals surface area contributed by atoms with Crippen LogP contribution in [0.1, 0.15) is 10.4 Å². The van der Waals surface area contributed by atoms with Crippen LogP contribution in [0.25, 0.3) is 22.2 Å². The molecule has 0 saturated carbocycles. The van der Waals surface area contributed by atoms with Gasteiger partial charge < -0.3 is 5.11 Å². The number of carboxylic acid groups (broad SMARTS) is 1. The Morgan fingerprint density at radius 2 is 1.68 bits per heavy atom. The number of aromatic nitrogens is 2. The van der Waals surface area contributed by atoms with Gasteiger partial charge in [0.2, 0.25) is 0 Å². The molecule has 2 N–H and O–H groups in total. The molecule has 5 heteroatoms. The molecule has 4 nitrogen and oxygen atoms in total. The fourth-order valence-corrected chi connectivity index (χ4v) is 2.97. The molecule has 0 fully saturated rings. The normalized spacial score (nSPS) is 10.2. The number of carboxylic acids is 1. The van der Waals surface area contributed by atoms with Crippen LogP contribution >= 0.6 is 0 Å². The Morgan fingerprint density at radius 1 is 0.960 bits per heavy atom. The van der Waals surface area contributed by atoms with Crippen molar-refractivity contribution in [2.24, 2.45) is 0 Å². The molecule has 0 aliphatic rings. The van der Waals surface area contributed by atoms with Gasteiger partial charge in [-0.15, -0.1) is 0 Å². The van der Waals surface area contributed by atoms with Crippen LogP contribution in [-0.4, -0.2) is 49.0 Å². The van der Waals surface area contributed by atoms with Crippen molar-refractivity contribution in [3.8, 4) is 11.3 Å². The molecule has 0 aliphatic carbocycles. The Kier molecular flexibility index (Phi) is 5.66. The van der Waals surface area contributed by atoms with Crippen LogP contribution in [0, 0.1) is 0 Å². The van der Waals surface area contributed by atoms with Gasteiger partial charge in [0.1, 0.15) is 0 Å². The molecule has 0 bridgehead atoms. The number of hydrogen-bond acceptors (Lipinski definition) is 2. The van der Waals surface area contributed by atoms with Gasteiger partial charge in [0.15, 0.2) is 0 Å². The molecule has 118 valence electrons. The van der Waals surface area contributed by atoms with E-state index in [1.165, 1.54) is 19.3 Å². The minimum atomic E-state index is -0.879. The summed E-state index contributed by atoms with van der Waals surface area (Å²) in [6, 6.07) is 21.0. The molecule has 0 spiro atoms. The molecule has 0 amide bonds. The number of rotatable bonds is 2. The average Bonchev–Trinajstić information content (AvgIpc) is 3.07. The predicted octanol–water partition coefficient (Wildman–Crippen LogP) is 3.41. The van der Waals surface area contributed by atoms with E-state index >= 15 is 0 Å². The van der Waals surface area contributed by atoms with Crippen LogP contribution < -0.4 is 2.81 Å². The first-order valence-corrected chi connectivity index (χ1v) is 8.91. The Hall–Kier alpha value is -2.40. The monoisotopic (exact) mass is 338 g/mol. The van der Waals surface area contributed by atoms with Crippen molar-refractivity contribution in [2.75, 3.05) is 0 Å². The number of nitrogens with zero attached hydrogens (tertiary/aromatic N) is 1. The van der Waals surface area contributed by atoms with Crippen molar-refractivity contribution in [3.63, 3.8) is 0 Å². The van der Waals surface area contributed by atoms with Gasteiger partial charge in [-0.2, -0.15) is 0 Å². The van der Waals surface area contributed by atoms with E-state index in [1.807, 2.05) is 18.5 Å². The molecule has 2 heterocycles. The van der Waals surface area contributed by atoms with Crippen LogP contribution in [0.5, 0.6) is 0 Å². The van der Waals surface area contributed by atoms with E-state index in [4.69, 9.17) is 5.11 Å². The van der Waals surface area contributed by atoms with E-state index < -0.39 is 5.97 Å². The molecule has 2 aromatic carbocycles. The standard InChI is InChI=1S/C13H9N2.C7H6O2.Na/c1-2-6-12-10(4-1)8-13(15-12)11-5-3-7-14-9-11;8-7(9)6-4-2-1-3-5-6;/h1-2,4-9,15H;1-5H,(H,8,9);. The summed E-state index contributed by atoms with van der Waals surface area (Å²) in [5, 5.41) is 9.63. The van der Waals surface area contributed by atoms with Gasteiger partial charge in [-0.05, 0) is 12.1 Å². The summed E-state index contributed by atoms with van der Waals surface area (Å²) in [4.78, 5) is 17.9. The third-order valence-electron chi connectivity index (χ3n) is 3.74. The van der Waals surface area contributed by atoms with Crippen molar-refractivity contribution in [2.45, 2.75) is 0 Å². The van der Waals surface area contributed by atoms with Gasteiger partial charge in [0.05, 0.1) is 5.56 Å². The van der Waals surface area contributed by atoms with Crippen LogP contribution in [0.15, 0.2) is 79.1 Å². The summed E-state index contributed by atoms with van der Waals surface area (Å²) >= 11 is 1.04. The average molecular weight is 338 g/mol. The third-order valence-corrected chi connectivity index (χ3v) is 4.28. The first-order valence-electron chi connectivity index (χ1n) is 7.91. The summed E-state index contributed by atoms with van der Waals surface area (Å²) in [7, 11) is 0.